The molecule has 2 aliphatic rings. The van der Waals surface area contributed by atoms with Crippen molar-refractivity contribution in [3.05, 3.63) is 23.8 Å². The molecule has 6 heteroatoms. The minimum Gasteiger partial charge on any atom is -0.482 e. The van der Waals surface area contributed by atoms with E-state index in [1.54, 1.807) is 6.07 Å². The van der Waals surface area contributed by atoms with E-state index in [0.717, 1.165) is 24.8 Å². The zero-order chi connectivity index (χ0) is 17.2. The van der Waals surface area contributed by atoms with Gasteiger partial charge in [0, 0.05) is 0 Å². The third-order valence-electron chi connectivity index (χ3n) is 4.79. The summed E-state index contributed by atoms with van der Waals surface area (Å²) in [4.78, 5) is 23.7. The Morgan fingerprint density at radius 3 is 2.88 bits per heavy atom. The average molecular weight is 332 g/mol. The summed E-state index contributed by atoms with van der Waals surface area (Å²) in [6.45, 7) is 1.91. The Labute approximate surface area is 141 Å². The van der Waals surface area contributed by atoms with E-state index in [1.165, 1.54) is 0 Å². The quantitative estimate of drug-likeness (QED) is 0.789. The fraction of sp³-hybridized carbons (Fsp3) is 0.556. The summed E-state index contributed by atoms with van der Waals surface area (Å²) in [5.74, 6) is 0.300. The van der Waals surface area contributed by atoms with Crippen LogP contribution >= 0.6 is 0 Å². The van der Waals surface area contributed by atoms with Gasteiger partial charge in [-0.1, -0.05) is 25.3 Å². The molecular weight excluding hydrogens is 308 g/mol. The SMILES string of the molecule is CC(NC(=O)CC1(O)CCCCC1)c1ccc2c(c1)NC(=O)CO2. The lowest BCUT2D eigenvalue weighted by atomic mass is 9.82. The second-order valence-electron chi connectivity index (χ2n) is 6.84. The zero-order valence-corrected chi connectivity index (χ0v) is 13.9. The maximum atomic E-state index is 12.3. The first-order chi connectivity index (χ1) is 11.5. The van der Waals surface area contributed by atoms with Crippen molar-refractivity contribution in [2.24, 2.45) is 0 Å². The standard InChI is InChI=1S/C18H24N2O4/c1-12(19-16(21)10-18(23)7-3-2-4-8-18)13-5-6-15-14(9-13)20-17(22)11-24-15/h5-6,9,12,23H,2-4,7-8,10-11H2,1H3,(H,19,21)(H,20,22). The van der Waals surface area contributed by atoms with E-state index in [2.05, 4.69) is 10.6 Å². The van der Waals surface area contributed by atoms with Crippen LogP contribution in [0.15, 0.2) is 18.2 Å². The van der Waals surface area contributed by atoms with E-state index in [0.29, 0.717) is 24.3 Å². The third-order valence-corrected chi connectivity index (χ3v) is 4.79. The van der Waals surface area contributed by atoms with Gasteiger partial charge >= 0.3 is 0 Å². The average Bonchev–Trinajstić information content (AvgIpc) is 2.54. The number of nitrogens with one attached hydrogen (secondary N) is 2. The highest BCUT2D eigenvalue weighted by atomic mass is 16.5. The normalized spacial score (nSPS) is 20.3. The van der Waals surface area contributed by atoms with E-state index >= 15 is 0 Å². The molecule has 1 unspecified atom stereocenters. The van der Waals surface area contributed by atoms with Crippen LogP contribution in [0.3, 0.4) is 0 Å². The van der Waals surface area contributed by atoms with Gasteiger partial charge in [0.05, 0.1) is 23.8 Å². The molecule has 6 nitrogen and oxygen atoms in total. The van der Waals surface area contributed by atoms with E-state index in [9.17, 15) is 14.7 Å². The maximum absolute atomic E-state index is 12.3. The van der Waals surface area contributed by atoms with Crippen molar-refractivity contribution in [1.82, 2.24) is 5.32 Å². The molecule has 1 aromatic rings. The summed E-state index contributed by atoms with van der Waals surface area (Å²) in [6.07, 6.45) is 4.60. The van der Waals surface area contributed by atoms with Crippen LogP contribution < -0.4 is 15.4 Å². The van der Waals surface area contributed by atoms with Crippen LogP contribution in [0.5, 0.6) is 5.75 Å². The number of fused-ring (bicyclic) bond motifs is 1. The Balaban J connectivity index is 1.62. The van der Waals surface area contributed by atoms with Gasteiger partial charge in [-0.3, -0.25) is 9.59 Å². The van der Waals surface area contributed by atoms with Crippen molar-refractivity contribution >= 4 is 17.5 Å². The molecule has 0 saturated heterocycles. The summed E-state index contributed by atoms with van der Waals surface area (Å²) in [5.41, 5.74) is 0.638. The van der Waals surface area contributed by atoms with Crippen LogP contribution in [-0.2, 0) is 9.59 Å². The molecule has 130 valence electrons. The van der Waals surface area contributed by atoms with Gasteiger partial charge in [0.1, 0.15) is 5.75 Å². The Kier molecular flexibility index (Phi) is 4.76. The van der Waals surface area contributed by atoms with Crippen molar-refractivity contribution in [2.45, 2.75) is 57.1 Å². The minimum atomic E-state index is -0.861. The Hall–Kier alpha value is -2.08. The van der Waals surface area contributed by atoms with Crippen LogP contribution in [0.25, 0.3) is 0 Å². The van der Waals surface area contributed by atoms with Crippen LogP contribution in [0.4, 0.5) is 5.69 Å². The van der Waals surface area contributed by atoms with Gasteiger partial charge in [0.25, 0.3) is 5.91 Å². The molecule has 0 radical (unpaired) electrons. The van der Waals surface area contributed by atoms with Crippen LogP contribution in [0.2, 0.25) is 0 Å². The van der Waals surface area contributed by atoms with Gasteiger partial charge in [0.2, 0.25) is 5.91 Å². The fourth-order valence-electron chi connectivity index (χ4n) is 3.43. The number of carbonyl (C=O) groups is 2. The van der Waals surface area contributed by atoms with E-state index in [4.69, 9.17) is 4.74 Å². The molecule has 1 aliphatic heterocycles. The van der Waals surface area contributed by atoms with Crippen molar-refractivity contribution in [3.63, 3.8) is 0 Å². The summed E-state index contributed by atoms with van der Waals surface area (Å²) in [5, 5.41) is 16.2. The molecule has 1 saturated carbocycles. The van der Waals surface area contributed by atoms with Gasteiger partial charge in [-0.25, -0.2) is 0 Å². The number of rotatable bonds is 4. The number of amides is 2. The zero-order valence-electron chi connectivity index (χ0n) is 13.9. The second kappa shape index (κ2) is 6.81. The van der Waals surface area contributed by atoms with Crippen LogP contribution in [0.1, 0.15) is 57.1 Å². The van der Waals surface area contributed by atoms with Crippen molar-refractivity contribution in [2.75, 3.05) is 11.9 Å². The number of ether oxygens (including phenoxy) is 1. The van der Waals surface area contributed by atoms with Gasteiger partial charge in [-0.05, 0) is 37.5 Å². The van der Waals surface area contributed by atoms with Crippen molar-refractivity contribution < 1.29 is 19.4 Å². The summed E-state index contributed by atoms with van der Waals surface area (Å²) in [6, 6.07) is 5.26. The Morgan fingerprint density at radius 2 is 2.12 bits per heavy atom. The molecule has 1 aliphatic carbocycles. The highest BCUT2D eigenvalue weighted by Gasteiger charge is 2.32. The number of hydrogen-bond donors (Lipinski definition) is 3. The van der Waals surface area contributed by atoms with Crippen LogP contribution in [0, 0.1) is 0 Å². The summed E-state index contributed by atoms with van der Waals surface area (Å²) in [7, 11) is 0. The number of aliphatic hydroxyl groups is 1. The second-order valence-corrected chi connectivity index (χ2v) is 6.84. The number of carbonyl (C=O) groups excluding carboxylic acids is 2. The number of hydrogen-bond acceptors (Lipinski definition) is 4. The lowest BCUT2D eigenvalue weighted by Crippen LogP contribution is -2.39. The molecule has 24 heavy (non-hydrogen) atoms. The largest absolute Gasteiger partial charge is 0.482 e. The Bertz CT molecular complexity index is 638. The van der Waals surface area contributed by atoms with Gasteiger partial charge < -0.3 is 20.5 Å². The molecule has 3 rings (SSSR count). The lowest BCUT2D eigenvalue weighted by Gasteiger charge is -2.31. The van der Waals surface area contributed by atoms with Gasteiger partial charge in [-0.15, -0.1) is 0 Å². The number of anilines is 1. The fourth-order valence-corrected chi connectivity index (χ4v) is 3.43. The molecule has 1 atom stereocenters. The van der Waals surface area contributed by atoms with Crippen LogP contribution in [-0.4, -0.2) is 29.1 Å². The van der Waals surface area contributed by atoms with E-state index in [1.807, 2.05) is 19.1 Å². The van der Waals surface area contributed by atoms with E-state index < -0.39 is 5.60 Å². The smallest absolute Gasteiger partial charge is 0.262 e. The first-order valence-corrected chi connectivity index (χ1v) is 8.54. The van der Waals surface area contributed by atoms with Gasteiger partial charge in [-0.2, -0.15) is 0 Å². The highest BCUT2D eigenvalue weighted by molar-refractivity contribution is 5.95. The monoisotopic (exact) mass is 332 g/mol. The number of benzene rings is 1. The maximum Gasteiger partial charge on any atom is 0.262 e. The predicted molar refractivity (Wildman–Crippen MR) is 89.8 cm³/mol. The van der Waals surface area contributed by atoms with Gasteiger partial charge in [0.15, 0.2) is 6.61 Å². The molecule has 2 amide bonds. The molecule has 0 aromatic heterocycles. The predicted octanol–water partition coefficient (Wildman–Crippen LogP) is 2.28. The summed E-state index contributed by atoms with van der Waals surface area (Å²) >= 11 is 0. The lowest BCUT2D eigenvalue weighted by molar-refractivity contribution is -0.128. The molecular formula is C18H24N2O4. The first-order valence-electron chi connectivity index (χ1n) is 8.54. The Morgan fingerprint density at radius 1 is 1.38 bits per heavy atom. The van der Waals surface area contributed by atoms with Crippen molar-refractivity contribution in [1.29, 1.82) is 0 Å². The highest BCUT2D eigenvalue weighted by Crippen LogP contribution is 2.32. The topological polar surface area (TPSA) is 87.7 Å². The third kappa shape index (κ3) is 3.87. The molecule has 0 bridgehead atoms. The minimum absolute atomic E-state index is 0.0250. The summed E-state index contributed by atoms with van der Waals surface area (Å²) < 4.78 is 5.33. The van der Waals surface area contributed by atoms with E-state index in [-0.39, 0.29) is 30.9 Å². The molecule has 1 aromatic carbocycles. The molecule has 1 heterocycles. The van der Waals surface area contributed by atoms with Crippen molar-refractivity contribution in [3.8, 4) is 5.75 Å². The molecule has 0 spiro atoms. The molecule has 1 fully saturated rings. The molecule has 3 N–H and O–H groups in total. The first kappa shape index (κ1) is 16.8.